The molecule has 1 amide bonds. The Balaban J connectivity index is 2.24. The van der Waals surface area contributed by atoms with Crippen LogP contribution in [-0.4, -0.2) is 25.7 Å². The van der Waals surface area contributed by atoms with E-state index >= 15 is 0 Å². The van der Waals surface area contributed by atoms with Crippen LogP contribution < -0.4 is 5.32 Å². The van der Waals surface area contributed by atoms with E-state index in [2.05, 4.69) is 12.2 Å². The van der Waals surface area contributed by atoms with Gasteiger partial charge in [0, 0.05) is 19.8 Å². The van der Waals surface area contributed by atoms with Gasteiger partial charge in [0.05, 0.1) is 5.92 Å². The number of benzene rings is 1. The molecule has 0 fully saturated rings. The summed E-state index contributed by atoms with van der Waals surface area (Å²) in [7, 11) is 0. The molecular weight excluding hydrogens is 250 g/mol. The number of nitrogens with one attached hydrogen (secondary N) is 1. The first-order valence-electron chi connectivity index (χ1n) is 7.70. The second-order valence-electron chi connectivity index (χ2n) is 4.98. The number of rotatable bonds is 10. The van der Waals surface area contributed by atoms with Crippen molar-refractivity contribution in [2.75, 3.05) is 19.8 Å². The maximum atomic E-state index is 12.2. The zero-order valence-electron chi connectivity index (χ0n) is 12.7. The SMILES string of the molecule is CCCCOCCCNC(=O)C(CC)c1ccccc1. The molecule has 0 saturated carbocycles. The molecule has 112 valence electrons. The van der Waals surface area contributed by atoms with Crippen LogP contribution in [0.3, 0.4) is 0 Å². The van der Waals surface area contributed by atoms with Crippen LogP contribution in [0.25, 0.3) is 0 Å². The molecule has 0 heterocycles. The van der Waals surface area contributed by atoms with Crippen LogP contribution in [0.1, 0.15) is 51.0 Å². The Bertz CT molecular complexity index is 365. The van der Waals surface area contributed by atoms with Crippen LogP contribution in [0.2, 0.25) is 0 Å². The fourth-order valence-electron chi connectivity index (χ4n) is 2.12. The Morgan fingerprint density at radius 1 is 1.15 bits per heavy atom. The standard InChI is InChI=1S/C17H27NO2/c1-3-5-13-20-14-9-12-18-17(19)16(4-2)15-10-7-6-8-11-15/h6-8,10-11,16H,3-5,9,12-14H2,1-2H3,(H,18,19). The van der Waals surface area contributed by atoms with Gasteiger partial charge in [-0.15, -0.1) is 0 Å². The van der Waals surface area contributed by atoms with Crippen molar-refractivity contribution >= 4 is 5.91 Å². The number of carbonyl (C=O) groups excluding carboxylic acids is 1. The van der Waals surface area contributed by atoms with E-state index in [1.54, 1.807) is 0 Å². The Labute approximate surface area is 122 Å². The third-order valence-electron chi connectivity index (χ3n) is 3.33. The van der Waals surface area contributed by atoms with E-state index in [-0.39, 0.29) is 11.8 Å². The molecule has 1 rings (SSSR count). The van der Waals surface area contributed by atoms with Crippen molar-refractivity contribution in [3.8, 4) is 0 Å². The molecule has 0 aliphatic rings. The third-order valence-corrected chi connectivity index (χ3v) is 3.33. The molecule has 1 unspecified atom stereocenters. The Morgan fingerprint density at radius 3 is 2.50 bits per heavy atom. The fourth-order valence-corrected chi connectivity index (χ4v) is 2.12. The van der Waals surface area contributed by atoms with E-state index in [0.717, 1.165) is 44.5 Å². The second-order valence-corrected chi connectivity index (χ2v) is 4.98. The average molecular weight is 277 g/mol. The van der Waals surface area contributed by atoms with Gasteiger partial charge in [-0.2, -0.15) is 0 Å². The first kappa shape index (κ1) is 16.7. The van der Waals surface area contributed by atoms with Crippen molar-refractivity contribution in [1.82, 2.24) is 5.32 Å². The van der Waals surface area contributed by atoms with Gasteiger partial charge in [0.25, 0.3) is 0 Å². The van der Waals surface area contributed by atoms with Crippen molar-refractivity contribution in [1.29, 1.82) is 0 Å². The van der Waals surface area contributed by atoms with Crippen LogP contribution in [0.4, 0.5) is 0 Å². The number of hydrogen-bond donors (Lipinski definition) is 1. The van der Waals surface area contributed by atoms with Crippen LogP contribution in [-0.2, 0) is 9.53 Å². The molecular formula is C17H27NO2. The number of hydrogen-bond acceptors (Lipinski definition) is 2. The van der Waals surface area contributed by atoms with Crippen molar-refractivity contribution in [3.63, 3.8) is 0 Å². The minimum absolute atomic E-state index is 0.0443. The molecule has 3 nitrogen and oxygen atoms in total. The van der Waals surface area contributed by atoms with E-state index in [4.69, 9.17) is 4.74 Å². The number of ether oxygens (including phenoxy) is 1. The molecule has 1 aromatic rings. The number of unbranched alkanes of at least 4 members (excludes halogenated alkanes) is 1. The van der Waals surface area contributed by atoms with E-state index in [0.29, 0.717) is 6.54 Å². The third kappa shape index (κ3) is 6.20. The Hall–Kier alpha value is -1.35. The van der Waals surface area contributed by atoms with E-state index in [1.165, 1.54) is 0 Å². The van der Waals surface area contributed by atoms with Gasteiger partial charge in [0.1, 0.15) is 0 Å². The summed E-state index contributed by atoms with van der Waals surface area (Å²) in [5.41, 5.74) is 1.09. The predicted molar refractivity (Wildman–Crippen MR) is 82.8 cm³/mol. The van der Waals surface area contributed by atoms with Gasteiger partial charge in [-0.25, -0.2) is 0 Å². The Kier molecular flexibility index (Phi) is 8.72. The molecule has 0 saturated heterocycles. The molecule has 0 aromatic heterocycles. The second kappa shape index (κ2) is 10.4. The minimum Gasteiger partial charge on any atom is -0.381 e. The predicted octanol–water partition coefficient (Wildman–Crippen LogP) is 3.50. The van der Waals surface area contributed by atoms with Crippen LogP contribution >= 0.6 is 0 Å². The van der Waals surface area contributed by atoms with E-state index in [1.807, 2.05) is 37.3 Å². The van der Waals surface area contributed by atoms with Gasteiger partial charge in [-0.3, -0.25) is 4.79 Å². The zero-order valence-corrected chi connectivity index (χ0v) is 12.7. The zero-order chi connectivity index (χ0) is 14.6. The molecule has 1 aromatic carbocycles. The summed E-state index contributed by atoms with van der Waals surface area (Å²) >= 11 is 0. The van der Waals surface area contributed by atoms with Gasteiger partial charge in [0.2, 0.25) is 5.91 Å². The first-order chi connectivity index (χ1) is 9.79. The summed E-state index contributed by atoms with van der Waals surface area (Å²) in [5.74, 6) is 0.0736. The lowest BCUT2D eigenvalue weighted by atomic mass is 9.96. The van der Waals surface area contributed by atoms with E-state index < -0.39 is 0 Å². The highest BCUT2D eigenvalue weighted by atomic mass is 16.5. The molecule has 0 aliphatic carbocycles. The summed E-state index contributed by atoms with van der Waals surface area (Å²) in [6.07, 6.45) is 3.97. The summed E-state index contributed by atoms with van der Waals surface area (Å²) < 4.78 is 5.48. The lowest BCUT2D eigenvalue weighted by molar-refractivity contribution is -0.122. The molecule has 1 atom stereocenters. The van der Waals surface area contributed by atoms with Crippen molar-refractivity contribution < 1.29 is 9.53 Å². The molecule has 0 bridgehead atoms. The van der Waals surface area contributed by atoms with Crippen molar-refractivity contribution in [3.05, 3.63) is 35.9 Å². The minimum atomic E-state index is -0.0443. The first-order valence-corrected chi connectivity index (χ1v) is 7.70. The maximum absolute atomic E-state index is 12.2. The molecule has 0 radical (unpaired) electrons. The smallest absolute Gasteiger partial charge is 0.227 e. The van der Waals surface area contributed by atoms with Crippen LogP contribution in [0.15, 0.2) is 30.3 Å². The normalized spacial score (nSPS) is 12.1. The maximum Gasteiger partial charge on any atom is 0.227 e. The van der Waals surface area contributed by atoms with Gasteiger partial charge < -0.3 is 10.1 Å². The highest BCUT2D eigenvalue weighted by Crippen LogP contribution is 2.18. The average Bonchev–Trinajstić information content (AvgIpc) is 2.48. The van der Waals surface area contributed by atoms with Crippen LogP contribution in [0.5, 0.6) is 0 Å². The molecule has 20 heavy (non-hydrogen) atoms. The van der Waals surface area contributed by atoms with Gasteiger partial charge >= 0.3 is 0 Å². The lowest BCUT2D eigenvalue weighted by Crippen LogP contribution is -2.30. The number of carbonyl (C=O) groups is 1. The largest absolute Gasteiger partial charge is 0.381 e. The van der Waals surface area contributed by atoms with Gasteiger partial charge in [-0.1, -0.05) is 50.6 Å². The monoisotopic (exact) mass is 277 g/mol. The summed E-state index contributed by atoms with van der Waals surface area (Å²) in [6, 6.07) is 9.96. The molecule has 0 aliphatic heterocycles. The quantitative estimate of drug-likeness (QED) is 0.665. The summed E-state index contributed by atoms with van der Waals surface area (Å²) in [5, 5.41) is 3.00. The van der Waals surface area contributed by atoms with Crippen molar-refractivity contribution in [2.45, 2.75) is 45.4 Å². The summed E-state index contributed by atoms with van der Waals surface area (Å²) in [6.45, 7) is 6.44. The van der Waals surface area contributed by atoms with Crippen LogP contribution in [0, 0.1) is 0 Å². The summed E-state index contributed by atoms with van der Waals surface area (Å²) in [4.78, 5) is 12.2. The van der Waals surface area contributed by atoms with Gasteiger partial charge in [-0.05, 0) is 24.8 Å². The Morgan fingerprint density at radius 2 is 1.85 bits per heavy atom. The lowest BCUT2D eigenvalue weighted by Gasteiger charge is -2.15. The highest BCUT2D eigenvalue weighted by Gasteiger charge is 2.17. The van der Waals surface area contributed by atoms with Crippen molar-refractivity contribution in [2.24, 2.45) is 0 Å². The molecule has 3 heteroatoms. The highest BCUT2D eigenvalue weighted by molar-refractivity contribution is 5.83. The molecule has 0 spiro atoms. The van der Waals surface area contributed by atoms with E-state index in [9.17, 15) is 4.79 Å². The fraction of sp³-hybridized carbons (Fsp3) is 0.588. The van der Waals surface area contributed by atoms with Gasteiger partial charge in [0.15, 0.2) is 0 Å². The number of amides is 1. The molecule has 1 N–H and O–H groups in total. The topological polar surface area (TPSA) is 38.3 Å².